The maximum atomic E-state index is 12.3. The van der Waals surface area contributed by atoms with Crippen molar-refractivity contribution in [3.63, 3.8) is 0 Å². The van der Waals surface area contributed by atoms with Gasteiger partial charge in [-0.15, -0.1) is 0 Å². The molecule has 0 unspecified atom stereocenters. The lowest BCUT2D eigenvalue weighted by molar-refractivity contribution is -0.147. The molecule has 0 radical (unpaired) electrons. The first-order valence-corrected chi connectivity index (χ1v) is 12.4. The predicted molar refractivity (Wildman–Crippen MR) is 126 cm³/mol. The van der Waals surface area contributed by atoms with Gasteiger partial charge < -0.3 is 15.0 Å². The zero-order chi connectivity index (χ0) is 23.4. The molecule has 0 atom stereocenters. The summed E-state index contributed by atoms with van der Waals surface area (Å²) >= 11 is 1.68. The highest BCUT2D eigenvalue weighted by Crippen LogP contribution is 2.47. The van der Waals surface area contributed by atoms with E-state index in [4.69, 9.17) is 9.88 Å². The van der Waals surface area contributed by atoms with Crippen LogP contribution < -0.4 is 15.4 Å². The fraction of sp³-hybridized carbons (Fsp3) is 0.130. The largest absolute Gasteiger partial charge is 0.456 e. The quantitative estimate of drug-likeness (QED) is 0.494. The third-order valence-electron chi connectivity index (χ3n) is 4.88. The van der Waals surface area contributed by atoms with Gasteiger partial charge >= 0.3 is 5.97 Å². The Bertz CT molecular complexity index is 1270. The van der Waals surface area contributed by atoms with Gasteiger partial charge in [-0.3, -0.25) is 9.59 Å². The Balaban J connectivity index is 1.34. The van der Waals surface area contributed by atoms with Crippen molar-refractivity contribution < 1.29 is 22.7 Å². The van der Waals surface area contributed by atoms with E-state index in [1.165, 1.54) is 24.3 Å². The molecule has 170 valence electrons. The van der Waals surface area contributed by atoms with Crippen LogP contribution in [0.5, 0.6) is 0 Å². The summed E-state index contributed by atoms with van der Waals surface area (Å²) in [7, 11) is -3.89. The Hall–Kier alpha value is -3.34. The third kappa shape index (κ3) is 5.54. The van der Waals surface area contributed by atoms with E-state index >= 15 is 0 Å². The highest BCUT2D eigenvalue weighted by molar-refractivity contribution is 7.99. The fourth-order valence-corrected chi connectivity index (χ4v) is 5.05. The molecule has 33 heavy (non-hydrogen) atoms. The van der Waals surface area contributed by atoms with Crippen LogP contribution in [-0.4, -0.2) is 33.4 Å². The van der Waals surface area contributed by atoms with E-state index in [1.54, 1.807) is 11.8 Å². The van der Waals surface area contributed by atoms with Gasteiger partial charge in [0.2, 0.25) is 10.0 Å². The van der Waals surface area contributed by atoms with E-state index < -0.39 is 28.5 Å². The number of esters is 1. The molecule has 1 amide bonds. The molecule has 10 heteroatoms. The van der Waals surface area contributed by atoms with Crippen molar-refractivity contribution >= 4 is 50.7 Å². The summed E-state index contributed by atoms with van der Waals surface area (Å²) in [5, 5.41) is 7.59. The summed E-state index contributed by atoms with van der Waals surface area (Å²) < 4.78 is 28.0. The lowest BCUT2D eigenvalue weighted by Gasteiger charge is -2.32. The smallest absolute Gasteiger partial charge is 0.308 e. The number of sulfonamides is 1. The average molecular weight is 484 g/mol. The van der Waals surface area contributed by atoms with Gasteiger partial charge in [0.25, 0.3) is 5.91 Å². The highest BCUT2D eigenvalue weighted by atomic mass is 32.2. The van der Waals surface area contributed by atoms with Gasteiger partial charge in [-0.05, 0) is 42.5 Å². The molecule has 0 bridgehead atoms. The van der Waals surface area contributed by atoms with Crippen molar-refractivity contribution in [2.75, 3.05) is 23.4 Å². The number of hydrogen-bond acceptors (Lipinski definition) is 7. The minimum absolute atomic E-state index is 0.0848. The fourth-order valence-electron chi connectivity index (χ4n) is 3.39. The highest BCUT2D eigenvalue weighted by Gasteiger charge is 2.23. The third-order valence-corrected chi connectivity index (χ3v) is 6.92. The van der Waals surface area contributed by atoms with Crippen molar-refractivity contribution in [1.29, 1.82) is 0 Å². The van der Waals surface area contributed by atoms with Crippen molar-refractivity contribution in [2.24, 2.45) is 5.14 Å². The van der Waals surface area contributed by atoms with Crippen LogP contribution in [0.15, 0.2) is 87.5 Å². The summed E-state index contributed by atoms with van der Waals surface area (Å²) in [5.41, 5.74) is 2.27. The van der Waals surface area contributed by atoms with Crippen molar-refractivity contribution in [3.8, 4) is 0 Å². The number of carbonyl (C=O) groups is 2. The monoisotopic (exact) mass is 483 g/mol. The van der Waals surface area contributed by atoms with Gasteiger partial charge in [0.15, 0.2) is 6.61 Å². The number of ether oxygens (including phenoxy) is 1. The molecule has 0 saturated carbocycles. The van der Waals surface area contributed by atoms with Crippen LogP contribution in [0.25, 0.3) is 0 Å². The van der Waals surface area contributed by atoms with Crippen LogP contribution in [0.3, 0.4) is 0 Å². The van der Waals surface area contributed by atoms with E-state index in [-0.39, 0.29) is 17.0 Å². The molecule has 1 aliphatic rings. The molecule has 0 saturated heterocycles. The lowest BCUT2D eigenvalue weighted by Crippen LogP contribution is -2.26. The van der Waals surface area contributed by atoms with Crippen LogP contribution in [0.4, 0.5) is 17.1 Å². The molecule has 0 spiro atoms. The van der Waals surface area contributed by atoms with Gasteiger partial charge in [0, 0.05) is 22.0 Å². The number of nitrogens with zero attached hydrogens (tertiary/aromatic N) is 1. The molecule has 0 fully saturated rings. The van der Waals surface area contributed by atoms with Gasteiger partial charge in [-0.2, -0.15) is 0 Å². The predicted octanol–water partition coefficient (Wildman–Crippen LogP) is 3.51. The van der Waals surface area contributed by atoms with Gasteiger partial charge in [-0.1, -0.05) is 42.1 Å². The zero-order valence-corrected chi connectivity index (χ0v) is 19.1. The molecule has 0 aliphatic carbocycles. The standard InChI is InChI=1S/C23H21N3O5S2/c24-33(29,30)17-7-5-6-16(14-17)25-22(27)15-31-23(28)12-13-26-18-8-1-3-10-20(18)32-21-11-4-2-9-19(21)26/h1-11,14H,12-13,15H2,(H,25,27)(H2,24,29,30). The lowest BCUT2D eigenvalue weighted by atomic mass is 10.2. The topological polar surface area (TPSA) is 119 Å². The Morgan fingerprint density at radius 1 is 0.939 bits per heavy atom. The molecule has 0 aromatic heterocycles. The molecule has 3 N–H and O–H groups in total. The molecule has 1 aliphatic heterocycles. The number of rotatable bonds is 7. The normalized spacial score (nSPS) is 12.5. The molecular weight excluding hydrogens is 462 g/mol. The molecular formula is C23H21N3O5S2. The summed E-state index contributed by atoms with van der Waals surface area (Å²) in [6.45, 7) is -0.0904. The number of para-hydroxylation sites is 2. The Morgan fingerprint density at radius 2 is 1.58 bits per heavy atom. The summed E-state index contributed by atoms with van der Waals surface area (Å²) in [6.07, 6.45) is 0.0848. The Labute approximate surface area is 195 Å². The van der Waals surface area contributed by atoms with E-state index in [0.717, 1.165) is 21.2 Å². The number of anilines is 3. The van der Waals surface area contributed by atoms with Crippen molar-refractivity contribution in [2.45, 2.75) is 21.1 Å². The molecule has 1 heterocycles. The molecule has 4 rings (SSSR count). The second kappa shape index (κ2) is 9.65. The van der Waals surface area contributed by atoms with E-state index in [1.807, 2.05) is 48.5 Å². The van der Waals surface area contributed by atoms with Crippen LogP contribution in [-0.2, 0) is 24.3 Å². The zero-order valence-electron chi connectivity index (χ0n) is 17.4. The van der Waals surface area contributed by atoms with Crippen LogP contribution in [0, 0.1) is 0 Å². The SMILES string of the molecule is NS(=O)(=O)c1cccc(NC(=O)COC(=O)CCN2c3ccccc3Sc3ccccc32)c1. The minimum Gasteiger partial charge on any atom is -0.456 e. The van der Waals surface area contributed by atoms with E-state index in [2.05, 4.69) is 10.2 Å². The van der Waals surface area contributed by atoms with Gasteiger partial charge in [-0.25, -0.2) is 13.6 Å². The first-order valence-electron chi connectivity index (χ1n) is 10.0. The number of hydrogen-bond donors (Lipinski definition) is 2. The summed E-state index contributed by atoms with van der Waals surface area (Å²) in [5.74, 6) is -1.10. The summed E-state index contributed by atoms with van der Waals surface area (Å²) in [4.78, 5) is 28.6. The second-order valence-corrected chi connectivity index (χ2v) is 9.87. The maximum absolute atomic E-state index is 12.3. The number of carbonyl (C=O) groups excluding carboxylic acids is 2. The van der Waals surface area contributed by atoms with Crippen LogP contribution in [0.2, 0.25) is 0 Å². The Morgan fingerprint density at radius 3 is 2.21 bits per heavy atom. The molecule has 3 aromatic rings. The van der Waals surface area contributed by atoms with Crippen LogP contribution in [0.1, 0.15) is 6.42 Å². The number of amides is 1. The first-order chi connectivity index (χ1) is 15.8. The number of nitrogens with two attached hydrogens (primary N) is 1. The molecule has 3 aromatic carbocycles. The number of primary sulfonamides is 1. The van der Waals surface area contributed by atoms with Crippen LogP contribution >= 0.6 is 11.8 Å². The van der Waals surface area contributed by atoms with Crippen molar-refractivity contribution in [3.05, 3.63) is 72.8 Å². The van der Waals surface area contributed by atoms with Gasteiger partial charge in [0.05, 0.1) is 22.7 Å². The van der Waals surface area contributed by atoms with Gasteiger partial charge in [0.1, 0.15) is 0 Å². The van der Waals surface area contributed by atoms with Crippen molar-refractivity contribution in [1.82, 2.24) is 0 Å². The number of nitrogens with one attached hydrogen (secondary N) is 1. The maximum Gasteiger partial charge on any atom is 0.308 e. The van der Waals surface area contributed by atoms with E-state index in [0.29, 0.717) is 6.54 Å². The number of benzene rings is 3. The Kier molecular flexibility index (Phi) is 6.68. The molecule has 8 nitrogen and oxygen atoms in total. The first kappa shape index (κ1) is 22.8. The summed E-state index contributed by atoms with van der Waals surface area (Å²) in [6, 6.07) is 21.5. The second-order valence-electron chi connectivity index (χ2n) is 7.22. The average Bonchev–Trinajstić information content (AvgIpc) is 2.80. The van der Waals surface area contributed by atoms with E-state index in [9.17, 15) is 18.0 Å². The minimum atomic E-state index is -3.89. The number of fused-ring (bicyclic) bond motifs is 2.